The molecule has 1 aliphatic carbocycles. The maximum Gasteiger partial charge on any atom is 0.246 e. The number of hydrogen-bond acceptors (Lipinski definition) is 4. The van der Waals surface area contributed by atoms with Gasteiger partial charge in [-0.1, -0.05) is 12.8 Å². The summed E-state index contributed by atoms with van der Waals surface area (Å²) in [5.74, 6) is 1.94. The quantitative estimate of drug-likeness (QED) is 0.891. The van der Waals surface area contributed by atoms with Gasteiger partial charge in [-0.05, 0) is 26.2 Å². The Labute approximate surface area is 118 Å². The topological polar surface area (TPSA) is 69.0 Å². The number of hydrogen-bond donors (Lipinski definition) is 1. The smallest absolute Gasteiger partial charge is 0.246 e. The summed E-state index contributed by atoms with van der Waals surface area (Å²) in [6, 6.07) is 0.164. The first-order chi connectivity index (χ1) is 9.72. The number of fused-ring (bicyclic) bond motifs is 1. The van der Waals surface area contributed by atoms with Crippen LogP contribution < -0.4 is 5.32 Å². The molecule has 1 fully saturated rings. The van der Waals surface area contributed by atoms with E-state index < -0.39 is 0 Å². The lowest BCUT2D eigenvalue weighted by molar-refractivity contribution is -0.128. The van der Waals surface area contributed by atoms with Gasteiger partial charge in [-0.25, -0.2) is 0 Å². The maximum atomic E-state index is 11.9. The number of rotatable bonds is 4. The number of carbonyl (C=O) groups is 1. The summed E-state index contributed by atoms with van der Waals surface area (Å²) in [5.41, 5.74) is 0. The van der Waals surface area contributed by atoms with Crippen molar-refractivity contribution >= 4 is 5.91 Å². The Hall–Kier alpha value is -1.43. The maximum absolute atomic E-state index is 11.9. The SMILES string of the molecule is Cc1nnc2n1C[C@H](NC(=O)COC1CCCC1)CC2. The van der Waals surface area contributed by atoms with Crippen LogP contribution in [0.5, 0.6) is 0 Å². The molecule has 1 amide bonds. The van der Waals surface area contributed by atoms with E-state index in [1.54, 1.807) is 0 Å². The number of aryl methyl sites for hydroxylation is 2. The monoisotopic (exact) mass is 278 g/mol. The molecule has 20 heavy (non-hydrogen) atoms. The standard InChI is InChI=1S/C14H22N4O2/c1-10-16-17-13-7-6-11(8-18(10)13)15-14(19)9-20-12-4-2-3-5-12/h11-12H,2-9H2,1H3,(H,15,19)/t11-/m1/s1. The zero-order chi connectivity index (χ0) is 13.9. The predicted molar refractivity (Wildman–Crippen MR) is 73.2 cm³/mol. The number of amides is 1. The number of carbonyl (C=O) groups excluding carboxylic acids is 1. The molecule has 3 rings (SSSR count). The van der Waals surface area contributed by atoms with Gasteiger partial charge in [-0.2, -0.15) is 0 Å². The van der Waals surface area contributed by atoms with Crippen molar-refractivity contribution in [1.82, 2.24) is 20.1 Å². The van der Waals surface area contributed by atoms with E-state index in [1.165, 1.54) is 12.8 Å². The van der Waals surface area contributed by atoms with Gasteiger partial charge in [-0.15, -0.1) is 10.2 Å². The molecule has 1 saturated carbocycles. The number of nitrogens with one attached hydrogen (secondary N) is 1. The van der Waals surface area contributed by atoms with Gasteiger partial charge in [0.2, 0.25) is 5.91 Å². The van der Waals surface area contributed by atoms with E-state index in [9.17, 15) is 4.79 Å². The summed E-state index contributed by atoms with van der Waals surface area (Å²) in [6.45, 7) is 2.91. The van der Waals surface area contributed by atoms with Crippen LogP contribution in [0, 0.1) is 6.92 Å². The Balaban J connectivity index is 1.46. The highest BCUT2D eigenvalue weighted by Crippen LogP contribution is 2.20. The molecule has 1 aliphatic heterocycles. The average molecular weight is 278 g/mol. The lowest BCUT2D eigenvalue weighted by Gasteiger charge is -2.25. The van der Waals surface area contributed by atoms with E-state index in [0.29, 0.717) is 6.10 Å². The molecular formula is C14H22N4O2. The summed E-state index contributed by atoms with van der Waals surface area (Å²) in [4.78, 5) is 11.9. The van der Waals surface area contributed by atoms with Crippen LogP contribution in [0.3, 0.4) is 0 Å². The molecule has 0 spiro atoms. The Kier molecular flexibility index (Phi) is 4.00. The minimum Gasteiger partial charge on any atom is -0.368 e. The molecule has 110 valence electrons. The van der Waals surface area contributed by atoms with E-state index in [2.05, 4.69) is 20.1 Å². The van der Waals surface area contributed by atoms with Gasteiger partial charge in [0.25, 0.3) is 0 Å². The molecular weight excluding hydrogens is 256 g/mol. The third-order valence-electron chi connectivity index (χ3n) is 4.25. The lowest BCUT2D eigenvalue weighted by atomic mass is 10.1. The van der Waals surface area contributed by atoms with Crippen molar-refractivity contribution in [3.63, 3.8) is 0 Å². The lowest BCUT2D eigenvalue weighted by Crippen LogP contribution is -2.43. The molecule has 6 nitrogen and oxygen atoms in total. The minimum absolute atomic E-state index is 0.00363. The van der Waals surface area contributed by atoms with Gasteiger partial charge in [0.1, 0.15) is 18.3 Å². The molecule has 2 heterocycles. The average Bonchev–Trinajstić information content (AvgIpc) is 3.07. The molecule has 6 heteroatoms. The summed E-state index contributed by atoms with van der Waals surface area (Å²) in [6.07, 6.45) is 6.73. The van der Waals surface area contributed by atoms with Gasteiger partial charge in [-0.3, -0.25) is 4.79 Å². The van der Waals surface area contributed by atoms with E-state index in [-0.39, 0.29) is 18.6 Å². The van der Waals surface area contributed by atoms with E-state index in [0.717, 1.165) is 43.9 Å². The van der Waals surface area contributed by atoms with E-state index in [4.69, 9.17) is 4.74 Å². The van der Waals surface area contributed by atoms with Crippen molar-refractivity contribution in [3.8, 4) is 0 Å². The Bertz CT molecular complexity index is 480. The van der Waals surface area contributed by atoms with Gasteiger partial charge in [0.15, 0.2) is 0 Å². The van der Waals surface area contributed by atoms with Gasteiger partial charge < -0.3 is 14.6 Å². The van der Waals surface area contributed by atoms with Crippen molar-refractivity contribution < 1.29 is 9.53 Å². The van der Waals surface area contributed by atoms with E-state index in [1.807, 2.05) is 6.92 Å². The third kappa shape index (κ3) is 3.00. The van der Waals surface area contributed by atoms with Gasteiger partial charge in [0.05, 0.1) is 6.10 Å². The fraction of sp³-hybridized carbons (Fsp3) is 0.786. The normalized spacial score (nSPS) is 22.8. The van der Waals surface area contributed by atoms with Crippen molar-refractivity contribution in [2.75, 3.05) is 6.61 Å². The van der Waals surface area contributed by atoms with E-state index >= 15 is 0 Å². The molecule has 0 unspecified atom stereocenters. The van der Waals surface area contributed by atoms with Crippen molar-refractivity contribution in [2.45, 2.75) is 64.1 Å². The van der Waals surface area contributed by atoms with Crippen LogP contribution in [0.1, 0.15) is 43.8 Å². The van der Waals surface area contributed by atoms with Crippen LogP contribution in [0.4, 0.5) is 0 Å². The second kappa shape index (κ2) is 5.91. The first kappa shape index (κ1) is 13.5. The summed E-state index contributed by atoms with van der Waals surface area (Å²) >= 11 is 0. The van der Waals surface area contributed by atoms with Crippen LogP contribution in [-0.4, -0.2) is 39.4 Å². The van der Waals surface area contributed by atoms with Crippen molar-refractivity contribution in [3.05, 3.63) is 11.6 Å². The molecule has 0 saturated heterocycles. The fourth-order valence-corrected chi connectivity index (χ4v) is 3.10. The first-order valence-electron chi connectivity index (χ1n) is 7.52. The molecule has 0 bridgehead atoms. The highest BCUT2D eigenvalue weighted by atomic mass is 16.5. The molecule has 1 N–H and O–H groups in total. The second-order valence-electron chi connectivity index (χ2n) is 5.79. The highest BCUT2D eigenvalue weighted by Gasteiger charge is 2.23. The molecule has 0 radical (unpaired) electrons. The van der Waals surface area contributed by atoms with Crippen molar-refractivity contribution in [1.29, 1.82) is 0 Å². The molecule has 0 aromatic carbocycles. The number of ether oxygens (including phenoxy) is 1. The molecule has 1 aromatic heterocycles. The molecule has 2 aliphatic rings. The van der Waals surface area contributed by atoms with Gasteiger partial charge in [0, 0.05) is 19.0 Å². The van der Waals surface area contributed by atoms with Crippen LogP contribution in [0.15, 0.2) is 0 Å². The van der Waals surface area contributed by atoms with Crippen LogP contribution in [0.2, 0.25) is 0 Å². The third-order valence-corrected chi connectivity index (χ3v) is 4.25. The summed E-state index contributed by atoms with van der Waals surface area (Å²) in [5, 5.41) is 11.3. The summed E-state index contributed by atoms with van der Waals surface area (Å²) < 4.78 is 7.73. The van der Waals surface area contributed by atoms with Crippen molar-refractivity contribution in [2.24, 2.45) is 0 Å². The second-order valence-corrected chi connectivity index (χ2v) is 5.79. The zero-order valence-electron chi connectivity index (χ0n) is 12.0. The highest BCUT2D eigenvalue weighted by molar-refractivity contribution is 5.77. The van der Waals surface area contributed by atoms with Crippen LogP contribution in [-0.2, 0) is 22.5 Å². The number of aromatic nitrogens is 3. The van der Waals surface area contributed by atoms with Crippen LogP contribution in [0.25, 0.3) is 0 Å². The molecule has 1 aromatic rings. The largest absolute Gasteiger partial charge is 0.368 e. The molecule has 1 atom stereocenters. The van der Waals surface area contributed by atoms with Crippen LogP contribution >= 0.6 is 0 Å². The predicted octanol–water partition coefficient (Wildman–Crippen LogP) is 0.977. The zero-order valence-corrected chi connectivity index (χ0v) is 12.0. The Morgan fingerprint density at radius 1 is 1.35 bits per heavy atom. The van der Waals surface area contributed by atoms with Gasteiger partial charge >= 0.3 is 0 Å². The number of nitrogens with zero attached hydrogens (tertiary/aromatic N) is 3. The fourth-order valence-electron chi connectivity index (χ4n) is 3.10. The minimum atomic E-state index is -0.00363. The first-order valence-corrected chi connectivity index (χ1v) is 7.52. The Morgan fingerprint density at radius 2 is 2.15 bits per heavy atom. The summed E-state index contributed by atoms with van der Waals surface area (Å²) in [7, 11) is 0. The Morgan fingerprint density at radius 3 is 2.95 bits per heavy atom.